The molecule has 2 heterocycles. The molecule has 6 nitrogen and oxygen atoms in total. The van der Waals surface area contributed by atoms with Crippen molar-refractivity contribution in [2.75, 3.05) is 6.54 Å². The van der Waals surface area contributed by atoms with E-state index >= 15 is 0 Å². The first-order chi connectivity index (χ1) is 14.8. The summed E-state index contributed by atoms with van der Waals surface area (Å²) >= 11 is 0. The molecule has 2 aliphatic rings. The highest BCUT2D eigenvalue weighted by atomic mass is 16.5. The van der Waals surface area contributed by atoms with Crippen LogP contribution in [0, 0.1) is 12.8 Å². The van der Waals surface area contributed by atoms with Crippen molar-refractivity contribution in [2.45, 2.75) is 76.1 Å². The Morgan fingerprint density at radius 3 is 2.68 bits per heavy atom. The van der Waals surface area contributed by atoms with E-state index in [4.69, 9.17) is 4.74 Å². The van der Waals surface area contributed by atoms with Crippen LogP contribution in [0.15, 0.2) is 42.6 Å². The van der Waals surface area contributed by atoms with E-state index in [0.717, 1.165) is 25.7 Å². The SMILES string of the molecule is Cc1nccc(C(=O)NC[C@]2(c3ccccc3)CC[C@H]3[C@H](CC2)OC(C)(C)C[C@@H]3O)n1. The Kier molecular flexibility index (Phi) is 6.13. The molecule has 1 amide bonds. The lowest BCUT2D eigenvalue weighted by Crippen LogP contribution is -2.48. The number of benzene rings is 1. The molecule has 2 fully saturated rings. The smallest absolute Gasteiger partial charge is 0.270 e. The van der Waals surface area contributed by atoms with E-state index in [9.17, 15) is 9.90 Å². The summed E-state index contributed by atoms with van der Waals surface area (Å²) in [4.78, 5) is 21.2. The highest BCUT2D eigenvalue weighted by Gasteiger charge is 2.46. The molecule has 1 saturated heterocycles. The number of aryl methyl sites for hydroxylation is 1. The van der Waals surface area contributed by atoms with Crippen molar-refractivity contribution in [1.29, 1.82) is 0 Å². The third-order valence-electron chi connectivity index (χ3n) is 6.99. The lowest BCUT2D eigenvalue weighted by molar-refractivity contribution is -0.178. The molecule has 0 radical (unpaired) electrons. The zero-order valence-corrected chi connectivity index (χ0v) is 18.7. The van der Waals surface area contributed by atoms with Crippen molar-refractivity contribution in [2.24, 2.45) is 5.92 Å². The van der Waals surface area contributed by atoms with Gasteiger partial charge in [0.25, 0.3) is 5.91 Å². The molecule has 1 aliphatic heterocycles. The van der Waals surface area contributed by atoms with Crippen LogP contribution in [-0.4, -0.2) is 45.3 Å². The minimum Gasteiger partial charge on any atom is -0.393 e. The molecule has 6 heteroatoms. The molecule has 0 bridgehead atoms. The first kappa shape index (κ1) is 21.9. The molecule has 4 atom stereocenters. The van der Waals surface area contributed by atoms with Crippen molar-refractivity contribution < 1.29 is 14.6 Å². The number of rotatable bonds is 4. The maximum absolute atomic E-state index is 12.8. The number of carbonyl (C=O) groups excluding carboxylic acids is 1. The van der Waals surface area contributed by atoms with Crippen molar-refractivity contribution in [3.63, 3.8) is 0 Å². The number of hydrogen-bond donors (Lipinski definition) is 2. The van der Waals surface area contributed by atoms with Gasteiger partial charge in [-0.1, -0.05) is 30.3 Å². The summed E-state index contributed by atoms with van der Waals surface area (Å²) in [6.45, 7) is 6.43. The summed E-state index contributed by atoms with van der Waals surface area (Å²) in [5.41, 5.74) is 1.10. The zero-order chi connectivity index (χ0) is 22.1. The Hall–Kier alpha value is -2.31. The van der Waals surface area contributed by atoms with Crippen LogP contribution in [0.25, 0.3) is 0 Å². The monoisotopic (exact) mass is 423 g/mol. The van der Waals surface area contributed by atoms with Crippen LogP contribution in [0.4, 0.5) is 0 Å². The van der Waals surface area contributed by atoms with Gasteiger partial charge in [0.15, 0.2) is 0 Å². The minimum absolute atomic E-state index is 0.0459. The number of nitrogens with zero attached hydrogens (tertiary/aromatic N) is 2. The van der Waals surface area contributed by atoms with Crippen LogP contribution in [0.2, 0.25) is 0 Å². The third-order valence-corrected chi connectivity index (χ3v) is 6.99. The molecule has 1 aromatic carbocycles. The van der Waals surface area contributed by atoms with Gasteiger partial charge in [-0.25, -0.2) is 9.97 Å². The average Bonchev–Trinajstić information content (AvgIpc) is 2.92. The second-order valence-electron chi connectivity index (χ2n) is 9.75. The van der Waals surface area contributed by atoms with E-state index in [1.807, 2.05) is 6.07 Å². The Morgan fingerprint density at radius 2 is 1.94 bits per heavy atom. The molecule has 2 N–H and O–H groups in total. The number of aromatic nitrogens is 2. The van der Waals surface area contributed by atoms with E-state index in [2.05, 4.69) is 53.4 Å². The predicted molar refractivity (Wildman–Crippen MR) is 119 cm³/mol. The Balaban J connectivity index is 1.57. The highest BCUT2D eigenvalue weighted by molar-refractivity contribution is 5.92. The van der Waals surface area contributed by atoms with Gasteiger partial charge in [0.05, 0.1) is 17.8 Å². The number of amides is 1. The van der Waals surface area contributed by atoms with Gasteiger partial charge in [-0.3, -0.25) is 4.79 Å². The van der Waals surface area contributed by atoms with E-state index in [1.54, 1.807) is 19.2 Å². The molecule has 166 valence electrons. The lowest BCUT2D eigenvalue weighted by atomic mass is 9.73. The van der Waals surface area contributed by atoms with Gasteiger partial charge in [0.2, 0.25) is 0 Å². The molecule has 1 saturated carbocycles. The van der Waals surface area contributed by atoms with Gasteiger partial charge in [0, 0.05) is 30.5 Å². The first-order valence-corrected chi connectivity index (χ1v) is 11.3. The van der Waals surface area contributed by atoms with Crippen molar-refractivity contribution in [3.05, 3.63) is 59.7 Å². The van der Waals surface area contributed by atoms with Crippen LogP contribution in [0.5, 0.6) is 0 Å². The van der Waals surface area contributed by atoms with E-state index in [-0.39, 0.29) is 35.0 Å². The number of hydrogen-bond acceptors (Lipinski definition) is 5. The topological polar surface area (TPSA) is 84.3 Å². The van der Waals surface area contributed by atoms with Crippen LogP contribution in [0.1, 0.15) is 67.8 Å². The number of carbonyl (C=O) groups is 1. The molecule has 1 aliphatic carbocycles. The molecule has 1 aromatic heterocycles. The largest absolute Gasteiger partial charge is 0.393 e. The summed E-state index contributed by atoms with van der Waals surface area (Å²) in [7, 11) is 0. The van der Waals surface area contributed by atoms with Gasteiger partial charge in [-0.05, 0) is 58.1 Å². The highest BCUT2D eigenvalue weighted by Crippen LogP contribution is 2.45. The zero-order valence-electron chi connectivity index (χ0n) is 18.7. The van der Waals surface area contributed by atoms with Gasteiger partial charge in [0.1, 0.15) is 11.5 Å². The summed E-state index contributed by atoms with van der Waals surface area (Å²) in [5.74, 6) is 0.538. The Bertz CT molecular complexity index is 917. The van der Waals surface area contributed by atoms with Crippen LogP contribution >= 0.6 is 0 Å². The summed E-state index contributed by atoms with van der Waals surface area (Å²) in [5, 5.41) is 14.0. The quantitative estimate of drug-likeness (QED) is 0.785. The lowest BCUT2D eigenvalue weighted by Gasteiger charge is -2.43. The molecule has 0 unspecified atom stereocenters. The number of nitrogens with one attached hydrogen (secondary N) is 1. The summed E-state index contributed by atoms with van der Waals surface area (Å²) in [6, 6.07) is 12.1. The van der Waals surface area contributed by atoms with Gasteiger partial charge in [-0.15, -0.1) is 0 Å². The number of fused-ring (bicyclic) bond motifs is 1. The van der Waals surface area contributed by atoms with Crippen LogP contribution in [-0.2, 0) is 10.2 Å². The summed E-state index contributed by atoms with van der Waals surface area (Å²) in [6.07, 6.45) is 5.49. The first-order valence-electron chi connectivity index (χ1n) is 11.3. The third kappa shape index (κ3) is 4.80. The predicted octanol–water partition coefficient (Wildman–Crippen LogP) is 3.57. The number of aliphatic hydroxyl groups excluding tert-OH is 1. The number of aliphatic hydroxyl groups is 1. The molecule has 0 spiro atoms. The average molecular weight is 424 g/mol. The van der Waals surface area contributed by atoms with Crippen LogP contribution in [0.3, 0.4) is 0 Å². The maximum atomic E-state index is 12.8. The van der Waals surface area contributed by atoms with Gasteiger partial charge in [-0.2, -0.15) is 0 Å². The maximum Gasteiger partial charge on any atom is 0.270 e. The second-order valence-corrected chi connectivity index (χ2v) is 9.75. The van der Waals surface area contributed by atoms with Gasteiger partial charge < -0.3 is 15.2 Å². The van der Waals surface area contributed by atoms with E-state index in [1.165, 1.54) is 5.56 Å². The van der Waals surface area contributed by atoms with E-state index < -0.39 is 0 Å². The fourth-order valence-electron chi connectivity index (χ4n) is 5.37. The summed E-state index contributed by atoms with van der Waals surface area (Å²) < 4.78 is 6.40. The molecule has 2 aromatic rings. The minimum atomic E-state index is -0.348. The fraction of sp³-hybridized carbons (Fsp3) is 0.560. The van der Waals surface area contributed by atoms with Gasteiger partial charge >= 0.3 is 0 Å². The molecule has 4 rings (SSSR count). The molecular formula is C25H33N3O3. The Labute approximate surface area is 184 Å². The van der Waals surface area contributed by atoms with E-state index in [0.29, 0.717) is 24.5 Å². The second kappa shape index (κ2) is 8.67. The van der Waals surface area contributed by atoms with Crippen molar-refractivity contribution >= 4 is 5.91 Å². The standard InChI is InChI=1S/C25H33N3O3/c1-17-26-14-11-20(28-17)23(30)27-16-25(18-7-5-4-6-8-18)12-9-19-21(29)15-24(2,3)31-22(19)10-13-25/h4-8,11,14,19,21-22,29H,9-10,12-13,15-16H2,1-3H3,(H,27,30)/t19-,21+,22+,25+/m1/s1. The number of ether oxygens (including phenoxy) is 1. The van der Waals surface area contributed by atoms with Crippen molar-refractivity contribution in [3.8, 4) is 0 Å². The van der Waals surface area contributed by atoms with Crippen molar-refractivity contribution in [1.82, 2.24) is 15.3 Å². The molecule has 31 heavy (non-hydrogen) atoms. The Morgan fingerprint density at radius 1 is 1.19 bits per heavy atom. The van der Waals surface area contributed by atoms with Crippen LogP contribution < -0.4 is 5.32 Å². The normalized spacial score (nSPS) is 30.1. The molecular weight excluding hydrogens is 390 g/mol. The fourth-order valence-corrected chi connectivity index (χ4v) is 5.37.